The Labute approximate surface area is 266 Å². The van der Waals surface area contributed by atoms with Gasteiger partial charge < -0.3 is 49.4 Å². The molecular weight excluding hydrogens is 603 g/mol. The molecule has 6 N–H and O–H groups in total. The number of phosphoric ester groups is 1. The Morgan fingerprint density at radius 3 is 2.04 bits per heavy atom. The number of nitrogens with zero attached hydrogens (tertiary/aromatic N) is 5. The maximum absolute atomic E-state index is 10.7. The molecule has 15 nitrogen and oxygen atoms in total. The van der Waals surface area contributed by atoms with Gasteiger partial charge >= 0.3 is 0 Å². The van der Waals surface area contributed by atoms with E-state index >= 15 is 0 Å². The number of imidazole rings is 1. The normalized spacial score (nSPS) is 19.4. The van der Waals surface area contributed by atoms with Gasteiger partial charge in [0.2, 0.25) is 5.82 Å². The monoisotopic (exact) mass is 654 g/mol. The highest BCUT2D eigenvalue weighted by Gasteiger charge is 2.44. The zero-order chi connectivity index (χ0) is 34.0. The van der Waals surface area contributed by atoms with Crippen molar-refractivity contribution < 1.29 is 43.6 Å². The van der Waals surface area contributed by atoms with Gasteiger partial charge in [0, 0.05) is 12.8 Å². The molecule has 3 rings (SSSR count). The molecule has 0 radical (unpaired) electrons. The zero-order valence-corrected chi connectivity index (χ0v) is 28.3. The Hall–Kier alpha value is -2.69. The van der Waals surface area contributed by atoms with E-state index in [0.717, 1.165) is 12.8 Å². The summed E-state index contributed by atoms with van der Waals surface area (Å²) in [6.07, 6.45) is -1.74. The minimum Gasteiger partial charge on any atom is -0.790 e. The molecule has 0 spiro atoms. The van der Waals surface area contributed by atoms with Crippen molar-refractivity contribution in [1.82, 2.24) is 19.5 Å². The molecule has 1 aliphatic rings. The van der Waals surface area contributed by atoms with E-state index in [-0.39, 0.29) is 22.8 Å². The number of nitriles is 1. The molecule has 0 aliphatic carbocycles. The second-order valence-corrected chi connectivity index (χ2v) is 11.5. The van der Waals surface area contributed by atoms with E-state index in [9.17, 15) is 24.6 Å². The molecule has 1 aliphatic heterocycles. The van der Waals surface area contributed by atoms with E-state index in [1.807, 2.05) is 0 Å². The van der Waals surface area contributed by atoms with E-state index in [2.05, 4.69) is 78.9 Å². The standard InChI is InChI=1S/C17H21N6O7P.2C6H15N/c18-7-5-3-1-2-4-6-11-21-15(19)12-16(22-11)23(9-20-12)17-14(25)13(24)10(30-17)8-29-31(26,27)28;2*1-4-7(5-2)6-3/h9-10,13-14,17,24-25H,1-3,5,8H2,(H2,19,21,22)(H2,26,27,28);2*4-6H2,1-3H3/t10-,13-,14-,17-;;/m1../s1. The summed E-state index contributed by atoms with van der Waals surface area (Å²) in [6.45, 7) is 20.2. The van der Waals surface area contributed by atoms with E-state index in [1.165, 1.54) is 50.2 Å². The molecule has 0 saturated carbocycles. The van der Waals surface area contributed by atoms with Crippen LogP contribution in [0.4, 0.5) is 5.82 Å². The van der Waals surface area contributed by atoms with Crippen molar-refractivity contribution in [3.8, 4) is 17.9 Å². The Kier molecular flexibility index (Phi) is 19.0. The van der Waals surface area contributed by atoms with Crippen molar-refractivity contribution in [2.24, 2.45) is 0 Å². The number of quaternary nitrogens is 2. The quantitative estimate of drug-likeness (QED) is 0.0914. The molecule has 1 fully saturated rings. The number of aliphatic hydroxyl groups excluding tert-OH is 2. The summed E-state index contributed by atoms with van der Waals surface area (Å²) < 4.78 is 21.6. The van der Waals surface area contributed by atoms with Gasteiger partial charge in [-0.3, -0.25) is 4.57 Å². The van der Waals surface area contributed by atoms with Gasteiger partial charge in [-0.05, 0) is 60.3 Å². The Bertz CT molecular complexity index is 1260. The van der Waals surface area contributed by atoms with Gasteiger partial charge in [0.1, 0.15) is 23.8 Å². The third kappa shape index (κ3) is 13.7. The van der Waals surface area contributed by atoms with Crippen LogP contribution in [-0.2, 0) is 13.8 Å². The number of fused-ring (bicyclic) bond motifs is 1. The SMILES string of the molecule is CC[NH+](CC)CC.CC[NH+](CC)CC.N#CCCCCC#Cc1nc(N)c2ncn([C@@H]3O[C@H](COP(=O)([O-])[O-])[C@@H](O)[C@H]3O)c2n1. The van der Waals surface area contributed by atoms with Crippen LogP contribution < -0.4 is 25.3 Å². The van der Waals surface area contributed by atoms with Crippen LogP contribution in [0.25, 0.3) is 11.2 Å². The van der Waals surface area contributed by atoms with Gasteiger partial charge in [-0.1, -0.05) is 5.92 Å². The molecule has 45 heavy (non-hydrogen) atoms. The third-order valence-electron chi connectivity index (χ3n) is 7.50. The fourth-order valence-corrected chi connectivity index (χ4v) is 4.83. The number of phosphoric acid groups is 1. The average molecular weight is 655 g/mol. The molecule has 254 valence electrons. The van der Waals surface area contributed by atoms with E-state index in [4.69, 9.17) is 15.7 Å². The first kappa shape index (κ1) is 40.3. The summed E-state index contributed by atoms with van der Waals surface area (Å²) >= 11 is 0. The number of nitrogens with one attached hydrogen (secondary N) is 2. The molecule has 16 heteroatoms. The molecule has 4 atom stereocenters. The maximum atomic E-state index is 10.7. The lowest BCUT2D eigenvalue weighted by molar-refractivity contribution is -0.894. The van der Waals surface area contributed by atoms with Crippen LogP contribution in [0.2, 0.25) is 0 Å². The van der Waals surface area contributed by atoms with Crippen LogP contribution in [0.1, 0.15) is 79.3 Å². The number of nitrogens with two attached hydrogens (primary N) is 1. The number of hydrogen-bond donors (Lipinski definition) is 5. The van der Waals surface area contributed by atoms with Gasteiger partial charge in [0.15, 0.2) is 17.7 Å². The highest BCUT2D eigenvalue weighted by atomic mass is 31.2. The lowest BCUT2D eigenvalue weighted by atomic mass is 10.1. The molecule has 2 aromatic heterocycles. The van der Waals surface area contributed by atoms with Crippen LogP contribution in [0.15, 0.2) is 6.33 Å². The van der Waals surface area contributed by atoms with Crippen LogP contribution in [0.5, 0.6) is 0 Å². The van der Waals surface area contributed by atoms with E-state index in [0.29, 0.717) is 12.8 Å². The zero-order valence-electron chi connectivity index (χ0n) is 27.4. The number of anilines is 1. The van der Waals surface area contributed by atoms with Crippen molar-refractivity contribution in [2.75, 3.05) is 51.6 Å². The fraction of sp³-hybridized carbons (Fsp3) is 0.724. The lowest BCUT2D eigenvalue weighted by Crippen LogP contribution is -3.11. The molecular formula is C29H51N8O7P. The van der Waals surface area contributed by atoms with Gasteiger partial charge in [0.25, 0.3) is 0 Å². The van der Waals surface area contributed by atoms with Crippen molar-refractivity contribution in [2.45, 2.75) is 91.8 Å². The fourth-order valence-electron chi connectivity index (χ4n) is 4.50. The first-order chi connectivity index (χ1) is 21.4. The predicted octanol–water partition coefficient (Wildman–Crippen LogP) is -1.83. The van der Waals surface area contributed by atoms with E-state index in [1.54, 1.807) is 9.80 Å². The Morgan fingerprint density at radius 1 is 1.00 bits per heavy atom. The summed E-state index contributed by atoms with van der Waals surface area (Å²) in [5.41, 5.74) is 6.31. The number of aromatic nitrogens is 4. The second-order valence-electron chi connectivity index (χ2n) is 10.3. The molecule has 0 aromatic carbocycles. The highest BCUT2D eigenvalue weighted by Crippen LogP contribution is 2.34. The summed E-state index contributed by atoms with van der Waals surface area (Å²) in [7, 11) is -5.28. The van der Waals surface area contributed by atoms with Crippen LogP contribution in [-0.4, -0.2) is 93.9 Å². The molecule has 0 amide bonds. The number of unbranched alkanes of at least 4 members (excludes halogenated alkanes) is 3. The molecule has 1 saturated heterocycles. The minimum absolute atomic E-state index is 0.0455. The maximum Gasteiger partial charge on any atom is 0.208 e. The van der Waals surface area contributed by atoms with Gasteiger partial charge in [-0.25, -0.2) is 15.0 Å². The number of aliphatic hydroxyl groups is 2. The largest absolute Gasteiger partial charge is 0.790 e. The minimum atomic E-state index is -5.28. The molecule has 0 unspecified atom stereocenters. The predicted molar refractivity (Wildman–Crippen MR) is 165 cm³/mol. The molecule has 2 aromatic rings. The first-order valence-electron chi connectivity index (χ1n) is 15.6. The van der Waals surface area contributed by atoms with Gasteiger partial charge in [-0.2, -0.15) is 5.26 Å². The summed E-state index contributed by atoms with van der Waals surface area (Å²) in [5, 5.41) is 29.0. The topological polar surface area (TPSA) is 224 Å². The number of nitrogen functional groups attached to an aromatic ring is 1. The smallest absolute Gasteiger partial charge is 0.208 e. The van der Waals surface area contributed by atoms with Gasteiger partial charge in [0.05, 0.1) is 66.1 Å². The van der Waals surface area contributed by atoms with Crippen molar-refractivity contribution >= 4 is 24.8 Å². The van der Waals surface area contributed by atoms with E-state index < -0.39 is 39.0 Å². The summed E-state index contributed by atoms with van der Waals surface area (Å²) in [4.78, 5) is 37.1. The Morgan fingerprint density at radius 2 is 1.56 bits per heavy atom. The number of ether oxygens (including phenoxy) is 1. The lowest BCUT2D eigenvalue weighted by Gasteiger charge is -2.30. The number of rotatable bonds is 13. The summed E-state index contributed by atoms with van der Waals surface area (Å²) in [6, 6.07) is 2.06. The average Bonchev–Trinajstić information content (AvgIpc) is 3.56. The van der Waals surface area contributed by atoms with Gasteiger partial charge in [-0.15, -0.1) is 0 Å². The Balaban J connectivity index is 0.000000601. The van der Waals surface area contributed by atoms with Crippen LogP contribution in [0.3, 0.4) is 0 Å². The van der Waals surface area contributed by atoms with Crippen LogP contribution in [0, 0.1) is 23.2 Å². The molecule has 0 bridgehead atoms. The second kappa shape index (κ2) is 21.2. The van der Waals surface area contributed by atoms with Crippen molar-refractivity contribution in [3.05, 3.63) is 12.2 Å². The highest BCUT2D eigenvalue weighted by molar-refractivity contribution is 7.43. The number of hydrogen-bond acceptors (Lipinski definition) is 12. The summed E-state index contributed by atoms with van der Waals surface area (Å²) in [5.74, 6) is 5.83. The van der Waals surface area contributed by atoms with Crippen molar-refractivity contribution in [1.29, 1.82) is 5.26 Å². The van der Waals surface area contributed by atoms with Crippen LogP contribution >= 0.6 is 7.82 Å². The van der Waals surface area contributed by atoms with Crippen molar-refractivity contribution in [3.63, 3.8) is 0 Å². The first-order valence-corrected chi connectivity index (χ1v) is 17.1. The molecule has 3 heterocycles. The third-order valence-corrected chi connectivity index (χ3v) is 7.96.